The number of carboxylic acids is 1. The summed E-state index contributed by atoms with van der Waals surface area (Å²) in [7, 11) is 2.86. The number of carbonyl (C=O) groups is 7. The zero-order valence-electron chi connectivity index (χ0n) is 83.8. The van der Waals surface area contributed by atoms with Crippen LogP contribution in [0.4, 0.5) is 56.9 Å². The van der Waals surface area contributed by atoms with Crippen LogP contribution in [0, 0.1) is 13.8 Å². The number of ether oxygens (including phenoxy) is 6. The third-order valence-electron chi connectivity index (χ3n) is 22.2. The number of aromatic nitrogens is 2. The smallest absolute Gasteiger partial charge is 0.486 e. The summed E-state index contributed by atoms with van der Waals surface area (Å²) >= 11 is 29.2. The fourth-order valence-electron chi connectivity index (χ4n) is 14.7. The molecule has 13 rings (SSSR count). The van der Waals surface area contributed by atoms with E-state index in [0.29, 0.717) is 133 Å². The molecule has 5 aliphatic heterocycles. The Balaban J connectivity index is 0.000000234. The van der Waals surface area contributed by atoms with Gasteiger partial charge in [0.25, 0.3) is 5.91 Å². The molecule has 0 spiro atoms. The summed E-state index contributed by atoms with van der Waals surface area (Å²) in [6.07, 6.45) is -0.917. The summed E-state index contributed by atoms with van der Waals surface area (Å²) in [4.78, 5) is 96.2. The lowest BCUT2D eigenvalue weighted by Crippen LogP contribution is -2.50. The Morgan fingerprint density at radius 1 is 0.496 bits per heavy atom. The summed E-state index contributed by atoms with van der Waals surface area (Å²) in [5.74, 6) is 1.86. The van der Waals surface area contributed by atoms with Gasteiger partial charge in [0.2, 0.25) is 6.29 Å². The molecule has 5 aliphatic rings. The second kappa shape index (κ2) is 51.0. The first kappa shape index (κ1) is 117. The number of hydrogen-bond donors (Lipinski definition) is 4. The fourth-order valence-corrected chi connectivity index (χ4v) is 16.4. The van der Waals surface area contributed by atoms with Gasteiger partial charge in [-0.2, -0.15) is 13.2 Å². The van der Waals surface area contributed by atoms with E-state index in [0.717, 1.165) is 97.5 Å². The maximum absolute atomic E-state index is 13.4. The SMILES string of the molecule is C=CB1OC(C)(C)C(C)(C)O1.C=Cc1cc(Cl)c(N2CCN(C(=O)OC(C)(C)C)CC2)cc1CC(=O)OC(C)(C)C.C=Cc1cc(Cl)c(N2CCN(C(=O)c3c(-c4ccccc4OC)noc3C)CC2)cc1N.C=Cc1cc(Cl)c(N2CCNCC2)cc1N.CC(C)(C)OC(=O)Cc1cc(N2CCN(C(=O)OC(C)(C)C)CC2)c(Cl)cc1Br.COc1ccccc1-c1noc(C)c1C(=O)O.O=CC(F)(F)F. The van der Waals surface area contributed by atoms with E-state index in [1.54, 1.807) is 85.3 Å². The monoisotopic (exact) mass is 2100 g/mol. The highest BCUT2D eigenvalue weighted by atomic mass is 79.9. The van der Waals surface area contributed by atoms with Crippen molar-refractivity contribution in [3.05, 3.63) is 204 Å². The summed E-state index contributed by atoms with van der Waals surface area (Å²) in [5.41, 5.74) is 21.1. The molecule has 0 saturated carbocycles. The number of esters is 2. The molecular formula is C102H131BBrCl4F3N12O18. The molecule has 7 heterocycles. The number of carboxylic acid groups (broad SMARTS) is 1. The number of methoxy groups -OCH3 is 2. The molecule has 766 valence electrons. The molecule has 0 bridgehead atoms. The van der Waals surface area contributed by atoms with Crippen LogP contribution in [0.2, 0.25) is 20.1 Å². The number of piperazine rings is 4. The number of aromatic carboxylic acids is 1. The van der Waals surface area contributed by atoms with Crippen molar-refractivity contribution in [3.63, 3.8) is 0 Å². The van der Waals surface area contributed by atoms with Crippen LogP contribution in [-0.4, -0.2) is 238 Å². The van der Waals surface area contributed by atoms with Crippen molar-refractivity contribution >= 4 is 164 Å². The van der Waals surface area contributed by atoms with Gasteiger partial charge < -0.3 is 103 Å². The zero-order valence-corrected chi connectivity index (χ0v) is 88.5. The van der Waals surface area contributed by atoms with Gasteiger partial charge in [0.05, 0.1) is 81.1 Å². The highest BCUT2D eigenvalue weighted by Crippen LogP contribution is 2.42. The molecule has 5 fully saturated rings. The van der Waals surface area contributed by atoms with E-state index in [4.69, 9.17) is 115 Å². The number of carbonyl (C=O) groups excluding carboxylic acids is 6. The van der Waals surface area contributed by atoms with Crippen LogP contribution in [0.15, 0.2) is 143 Å². The summed E-state index contributed by atoms with van der Waals surface area (Å²) < 4.78 is 85.9. The number of halogens is 8. The molecule has 0 radical (unpaired) electrons. The Hall–Kier alpha value is -11.4. The van der Waals surface area contributed by atoms with Crippen molar-refractivity contribution in [1.82, 2.24) is 30.3 Å². The maximum atomic E-state index is 13.4. The molecule has 141 heavy (non-hydrogen) atoms. The van der Waals surface area contributed by atoms with Gasteiger partial charge in [0.1, 0.15) is 67.9 Å². The lowest BCUT2D eigenvalue weighted by Gasteiger charge is -2.37. The van der Waals surface area contributed by atoms with Gasteiger partial charge >= 0.3 is 43.4 Å². The van der Waals surface area contributed by atoms with Crippen molar-refractivity contribution in [3.8, 4) is 34.0 Å². The van der Waals surface area contributed by atoms with Gasteiger partial charge in [-0.15, -0.1) is 6.58 Å². The minimum Gasteiger partial charge on any atom is -0.496 e. The third-order valence-corrected chi connectivity index (χ3v) is 24.1. The fraction of sp³-hybridized carbons (Fsp3) is 0.441. The average molecular weight is 2100 g/mol. The van der Waals surface area contributed by atoms with Crippen LogP contribution in [0.5, 0.6) is 11.5 Å². The van der Waals surface area contributed by atoms with E-state index in [1.165, 1.54) is 7.11 Å². The number of benzene rings is 6. The van der Waals surface area contributed by atoms with Crippen LogP contribution in [0.25, 0.3) is 40.7 Å². The molecule has 39 heteroatoms. The Morgan fingerprint density at radius 3 is 1.17 bits per heavy atom. The molecule has 2 aromatic heterocycles. The number of alkyl halides is 3. The summed E-state index contributed by atoms with van der Waals surface area (Å²) in [5, 5.41) is 22.9. The molecule has 5 saturated heterocycles. The molecule has 3 amide bonds. The van der Waals surface area contributed by atoms with Crippen molar-refractivity contribution in [2.45, 2.75) is 177 Å². The zero-order chi connectivity index (χ0) is 105. The number of amides is 3. The normalized spacial score (nSPS) is 15.1. The molecule has 30 nitrogen and oxygen atoms in total. The Kier molecular flexibility index (Phi) is 42.1. The van der Waals surface area contributed by atoms with Gasteiger partial charge in [-0.05, 0) is 225 Å². The minimum atomic E-state index is -4.64. The highest BCUT2D eigenvalue weighted by molar-refractivity contribution is 9.10. The van der Waals surface area contributed by atoms with Gasteiger partial charge in [-0.1, -0.05) is 141 Å². The van der Waals surface area contributed by atoms with Crippen LogP contribution >= 0.6 is 62.3 Å². The topological polar surface area (TPSA) is 352 Å². The molecule has 6 aromatic carbocycles. The van der Waals surface area contributed by atoms with E-state index in [2.05, 4.69) is 77.5 Å². The first-order valence-electron chi connectivity index (χ1n) is 45.5. The third kappa shape index (κ3) is 34.4. The van der Waals surface area contributed by atoms with E-state index >= 15 is 0 Å². The second-order valence-corrected chi connectivity index (χ2v) is 40.5. The number of nitrogens with zero attached hydrogens (tertiary/aromatic N) is 9. The van der Waals surface area contributed by atoms with Gasteiger partial charge in [0.15, 0.2) is 0 Å². The number of rotatable bonds is 18. The summed E-state index contributed by atoms with van der Waals surface area (Å²) in [6.45, 7) is 59.4. The van der Waals surface area contributed by atoms with Crippen LogP contribution in [0.3, 0.4) is 0 Å². The number of aryl methyl sites for hydroxylation is 2. The summed E-state index contributed by atoms with van der Waals surface area (Å²) in [6, 6.07) is 29.5. The number of nitrogens with one attached hydrogen (secondary N) is 1. The van der Waals surface area contributed by atoms with Crippen LogP contribution in [0.1, 0.15) is 171 Å². The van der Waals surface area contributed by atoms with E-state index in [-0.39, 0.29) is 78.2 Å². The number of anilines is 6. The van der Waals surface area contributed by atoms with Crippen molar-refractivity contribution in [2.24, 2.45) is 0 Å². The largest absolute Gasteiger partial charge is 0.496 e. The van der Waals surface area contributed by atoms with Crippen LogP contribution < -0.4 is 45.9 Å². The number of hydrogen-bond acceptors (Lipinski definition) is 26. The lowest BCUT2D eigenvalue weighted by atomic mass is 9.90. The number of aldehydes is 1. The standard InChI is InChI=1S/C24H25ClN4O3.C23H33ClN2O4.C21H30BrClN2O4.C12H16ClN3.C12H11NO4.C8H15BO2.C2HF3O/c1-4-16-13-18(25)20(14-19(16)26)28-9-11-29(12-10-28)24(30)22-15(2)32-27-23(22)17-7-5-6-8-21(17)31-3;1-8-16-13-18(24)19(14-17(16)15-20(27)29-22(2,3)4)25-9-11-26(12-10-25)21(28)30-23(5,6)7;1-20(2,3)28-18(26)12-14-11-17(16(23)13-15(14)22)24-7-9-25(10-8-24)19(27)29-21(4,5)6;1-2-9-7-10(13)12(8-11(9)14)16-5-3-15-4-6-16;1-7-10(12(14)15)11(13-17-7)8-5-3-4-6-9(8)16-2;1-6-9-10-7(2,3)8(4,5)11-9;3-2(4,5)1-6/h4-8,13-14H,1,9-12,26H2,2-3H3;8,13-14H,1,9-12,15H2,2-7H3;11,13H,7-10,12H2,1-6H3;2,7-8,15H,1,3-6,14H2;3-6H,1-2H3,(H,14,15);6H,1H2,2-5H3;1H. The van der Waals surface area contributed by atoms with Gasteiger partial charge in [-0.25, -0.2) is 14.4 Å². The second-order valence-electron chi connectivity index (χ2n) is 38.0. The van der Waals surface area contributed by atoms with E-state index in [9.17, 15) is 41.9 Å². The van der Waals surface area contributed by atoms with Crippen molar-refractivity contribution < 1.29 is 98.6 Å². The maximum Gasteiger partial charge on any atom is 0.486 e. The number of nitrogens with two attached hydrogens (primary N) is 2. The average Bonchev–Trinajstić information content (AvgIpc) is 1.65. The molecule has 0 aliphatic carbocycles. The van der Waals surface area contributed by atoms with Gasteiger partial charge in [0, 0.05) is 132 Å². The number of para-hydroxylation sites is 2. The molecule has 8 aromatic rings. The Bertz CT molecular complexity index is 5690. The van der Waals surface area contributed by atoms with E-state index < -0.39 is 40.8 Å². The predicted molar refractivity (Wildman–Crippen MR) is 557 cm³/mol. The lowest BCUT2D eigenvalue weighted by molar-refractivity contribution is -0.156. The molecular weight excluding hydrogens is 1970 g/mol. The quantitative estimate of drug-likeness (QED) is 0.0204. The first-order chi connectivity index (χ1) is 65.8. The van der Waals surface area contributed by atoms with Crippen LogP contribution in [-0.2, 0) is 55.5 Å². The van der Waals surface area contributed by atoms with Crippen molar-refractivity contribution in [2.75, 3.05) is 150 Å². The Labute approximate surface area is 853 Å². The predicted octanol–water partition coefficient (Wildman–Crippen LogP) is 21.4. The molecule has 0 unspecified atom stereocenters. The molecule has 6 N–H and O–H groups in total. The minimum absolute atomic E-state index is 0.0644. The molecule has 0 atom stereocenters. The van der Waals surface area contributed by atoms with Crippen molar-refractivity contribution in [1.29, 1.82) is 0 Å². The van der Waals surface area contributed by atoms with Gasteiger partial charge in [-0.3, -0.25) is 19.2 Å². The van der Waals surface area contributed by atoms with E-state index in [1.807, 2.05) is 182 Å². The number of nitrogen functional groups attached to an aromatic ring is 2. The Morgan fingerprint density at radius 2 is 0.823 bits per heavy atom. The highest BCUT2D eigenvalue weighted by Gasteiger charge is 2.50. The first-order valence-corrected chi connectivity index (χ1v) is 47.8.